The lowest BCUT2D eigenvalue weighted by Gasteiger charge is -2.47. The number of ether oxygens (including phenoxy) is 2. The molecule has 1 N–H and O–H groups in total. The second-order valence-corrected chi connectivity index (χ2v) is 6.14. The average Bonchev–Trinajstić information content (AvgIpc) is 2.84. The van der Waals surface area contributed by atoms with Gasteiger partial charge in [0.1, 0.15) is 0 Å². The van der Waals surface area contributed by atoms with Gasteiger partial charge in [-0.2, -0.15) is 0 Å². The fraction of sp³-hybridized carbons (Fsp3) is 1.00. The Kier molecular flexibility index (Phi) is 5.23. The molecule has 1 aliphatic heterocycles. The second kappa shape index (κ2) is 6.53. The fourth-order valence-electron chi connectivity index (χ4n) is 3.64. The van der Waals surface area contributed by atoms with Crippen molar-refractivity contribution < 1.29 is 9.47 Å². The first-order valence-corrected chi connectivity index (χ1v) is 7.83. The molecule has 1 heterocycles. The van der Waals surface area contributed by atoms with Crippen LogP contribution in [0, 0.1) is 0 Å². The lowest BCUT2D eigenvalue weighted by atomic mass is 9.84. The summed E-state index contributed by atoms with van der Waals surface area (Å²) in [5, 5.41) is 3.50. The van der Waals surface area contributed by atoms with Gasteiger partial charge in [-0.3, -0.25) is 4.90 Å². The molecule has 19 heavy (non-hydrogen) atoms. The van der Waals surface area contributed by atoms with Crippen molar-refractivity contribution in [2.75, 3.05) is 26.8 Å². The highest BCUT2D eigenvalue weighted by atomic mass is 16.7. The Labute approximate surface area is 117 Å². The molecule has 1 spiro atoms. The first-order valence-electron chi connectivity index (χ1n) is 7.83. The Hall–Kier alpha value is -0.160. The summed E-state index contributed by atoms with van der Waals surface area (Å²) < 4.78 is 11.9. The van der Waals surface area contributed by atoms with Gasteiger partial charge in [-0.25, -0.2) is 0 Å². The second-order valence-electron chi connectivity index (χ2n) is 6.14. The first kappa shape index (κ1) is 15.2. The highest BCUT2D eigenvalue weighted by Gasteiger charge is 2.46. The molecule has 0 radical (unpaired) electrons. The maximum Gasteiger partial charge on any atom is 0.170 e. The molecule has 2 fully saturated rings. The van der Waals surface area contributed by atoms with Gasteiger partial charge in [0, 0.05) is 31.0 Å². The molecular formula is C15H30N2O2. The van der Waals surface area contributed by atoms with Gasteiger partial charge in [0.25, 0.3) is 0 Å². The van der Waals surface area contributed by atoms with Crippen molar-refractivity contribution in [2.24, 2.45) is 0 Å². The van der Waals surface area contributed by atoms with Crippen LogP contribution in [0.2, 0.25) is 0 Å². The normalized spacial score (nSPS) is 30.6. The van der Waals surface area contributed by atoms with Crippen molar-refractivity contribution in [2.45, 2.75) is 70.4 Å². The summed E-state index contributed by atoms with van der Waals surface area (Å²) in [6.07, 6.45) is 4.34. The van der Waals surface area contributed by atoms with Crippen LogP contribution in [0.3, 0.4) is 0 Å². The van der Waals surface area contributed by atoms with Gasteiger partial charge in [-0.05, 0) is 40.3 Å². The molecule has 0 bridgehead atoms. The quantitative estimate of drug-likeness (QED) is 0.828. The molecule has 2 atom stereocenters. The minimum Gasteiger partial charge on any atom is -0.347 e. The van der Waals surface area contributed by atoms with Crippen molar-refractivity contribution in [1.82, 2.24) is 10.2 Å². The van der Waals surface area contributed by atoms with Crippen molar-refractivity contribution in [3.63, 3.8) is 0 Å². The minimum absolute atomic E-state index is 0.293. The van der Waals surface area contributed by atoms with Gasteiger partial charge >= 0.3 is 0 Å². The molecular weight excluding hydrogens is 240 g/mol. The van der Waals surface area contributed by atoms with Crippen molar-refractivity contribution in [1.29, 1.82) is 0 Å². The molecule has 2 aliphatic rings. The Morgan fingerprint density at radius 3 is 2.53 bits per heavy atom. The van der Waals surface area contributed by atoms with E-state index in [1.807, 2.05) is 0 Å². The molecule has 0 aromatic heterocycles. The molecule has 4 nitrogen and oxygen atoms in total. The minimum atomic E-state index is -0.293. The Balaban J connectivity index is 2.11. The third-order valence-corrected chi connectivity index (χ3v) is 4.58. The predicted molar refractivity (Wildman–Crippen MR) is 77.3 cm³/mol. The van der Waals surface area contributed by atoms with Crippen LogP contribution in [0.15, 0.2) is 0 Å². The number of hydrogen-bond acceptors (Lipinski definition) is 4. The summed E-state index contributed by atoms with van der Waals surface area (Å²) in [6.45, 7) is 9.50. The monoisotopic (exact) mass is 270 g/mol. The van der Waals surface area contributed by atoms with Crippen LogP contribution in [0.5, 0.6) is 0 Å². The molecule has 0 amide bonds. The summed E-state index contributed by atoms with van der Waals surface area (Å²) in [7, 11) is 2.08. The van der Waals surface area contributed by atoms with Gasteiger partial charge in [0.15, 0.2) is 5.79 Å². The summed E-state index contributed by atoms with van der Waals surface area (Å²) in [5.41, 5.74) is 0. The largest absolute Gasteiger partial charge is 0.347 e. The molecule has 0 aromatic rings. The van der Waals surface area contributed by atoms with Crippen LogP contribution in [0.1, 0.15) is 46.5 Å². The van der Waals surface area contributed by atoms with E-state index in [2.05, 4.69) is 38.0 Å². The highest BCUT2D eigenvalue weighted by Crippen LogP contribution is 2.38. The Bertz CT molecular complexity index is 277. The summed E-state index contributed by atoms with van der Waals surface area (Å²) in [4.78, 5) is 2.62. The van der Waals surface area contributed by atoms with Crippen molar-refractivity contribution in [3.8, 4) is 0 Å². The van der Waals surface area contributed by atoms with E-state index in [0.29, 0.717) is 18.1 Å². The van der Waals surface area contributed by atoms with Crippen LogP contribution in [-0.2, 0) is 9.47 Å². The van der Waals surface area contributed by atoms with E-state index in [-0.39, 0.29) is 5.79 Å². The lowest BCUT2D eigenvalue weighted by Crippen LogP contribution is -2.58. The average molecular weight is 270 g/mol. The predicted octanol–water partition coefficient (Wildman–Crippen LogP) is 1.99. The van der Waals surface area contributed by atoms with E-state index in [4.69, 9.17) is 9.47 Å². The fourth-order valence-corrected chi connectivity index (χ4v) is 3.64. The lowest BCUT2D eigenvalue weighted by molar-refractivity contribution is -0.194. The zero-order valence-corrected chi connectivity index (χ0v) is 12.9. The van der Waals surface area contributed by atoms with Crippen molar-refractivity contribution in [3.05, 3.63) is 0 Å². The van der Waals surface area contributed by atoms with Gasteiger partial charge in [0.2, 0.25) is 0 Å². The number of nitrogens with one attached hydrogen (secondary N) is 1. The van der Waals surface area contributed by atoms with Gasteiger partial charge in [0.05, 0.1) is 13.2 Å². The van der Waals surface area contributed by atoms with Gasteiger partial charge in [-0.1, -0.05) is 6.92 Å². The van der Waals surface area contributed by atoms with E-state index in [1.165, 1.54) is 6.42 Å². The van der Waals surface area contributed by atoms with Crippen LogP contribution >= 0.6 is 0 Å². The summed E-state index contributed by atoms with van der Waals surface area (Å²) in [5.74, 6) is -0.293. The molecule has 1 saturated carbocycles. The molecule has 112 valence electrons. The van der Waals surface area contributed by atoms with E-state index >= 15 is 0 Å². The van der Waals surface area contributed by atoms with Gasteiger partial charge < -0.3 is 14.8 Å². The van der Waals surface area contributed by atoms with Crippen LogP contribution in [0.25, 0.3) is 0 Å². The maximum absolute atomic E-state index is 5.94. The summed E-state index contributed by atoms with van der Waals surface area (Å²) in [6, 6.07) is 1.63. The zero-order valence-electron chi connectivity index (χ0n) is 12.9. The van der Waals surface area contributed by atoms with E-state index in [0.717, 1.165) is 39.0 Å². The topological polar surface area (TPSA) is 33.7 Å². The first-order chi connectivity index (χ1) is 9.12. The smallest absolute Gasteiger partial charge is 0.170 e. The molecule has 0 aromatic carbocycles. The van der Waals surface area contributed by atoms with E-state index < -0.39 is 0 Å². The van der Waals surface area contributed by atoms with E-state index in [1.54, 1.807) is 0 Å². The summed E-state index contributed by atoms with van der Waals surface area (Å²) >= 11 is 0. The highest BCUT2D eigenvalue weighted by molar-refractivity contribution is 4.96. The standard InChI is InChI=1S/C15H30N2O2/c1-5-8-17(12(2)3)14-11-15(18-9-10-19-15)7-6-13(14)16-4/h12-14,16H,5-11H2,1-4H3. The number of nitrogens with zero attached hydrogens (tertiary/aromatic N) is 1. The van der Waals surface area contributed by atoms with Crippen LogP contribution in [0.4, 0.5) is 0 Å². The van der Waals surface area contributed by atoms with Crippen molar-refractivity contribution >= 4 is 0 Å². The number of rotatable bonds is 5. The third kappa shape index (κ3) is 3.30. The molecule has 4 heteroatoms. The maximum atomic E-state index is 5.94. The molecule has 2 rings (SSSR count). The molecule has 1 aliphatic carbocycles. The van der Waals surface area contributed by atoms with Crippen LogP contribution in [-0.4, -0.2) is 55.6 Å². The van der Waals surface area contributed by atoms with Crippen LogP contribution < -0.4 is 5.32 Å². The zero-order chi connectivity index (χ0) is 13.9. The SMILES string of the molecule is CCCN(C(C)C)C1CC2(CCC1NC)OCCO2. The van der Waals surface area contributed by atoms with Gasteiger partial charge in [-0.15, -0.1) is 0 Å². The number of hydrogen-bond donors (Lipinski definition) is 1. The Morgan fingerprint density at radius 2 is 2.00 bits per heavy atom. The molecule has 2 unspecified atom stereocenters. The number of likely N-dealkylation sites (N-methyl/N-ethyl adjacent to an activating group) is 1. The Morgan fingerprint density at radius 1 is 1.32 bits per heavy atom. The molecule has 1 saturated heterocycles. The third-order valence-electron chi connectivity index (χ3n) is 4.58. The van der Waals surface area contributed by atoms with E-state index in [9.17, 15) is 0 Å².